The number of hydrogen-bond acceptors (Lipinski definition) is 5. The highest BCUT2D eigenvalue weighted by molar-refractivity contribution is 7.85. The maximum Gasteiger partial charge on any atom is 0.311 e. The normalized spacial score (nSPS) is 11.2. The summed E-state index contributed by atoms with van der Waals surface area (Å²) in [6.45, 7) is 1.69. The molecule has 0 saturated heterocycles. The van der Waals surface area contributed by atoms with E-state index >= 15 is 0 Å². The van der Waals surface area contributed by atoms with Gasteiger partial charge in [-0.3, -0.25) is 14.7 Å². The monoisotopic (exact) mass is 275 g/mol. The molecule has 0 heterocycles. The van der Waals surface area contributed by atoms with E-state index in [1.165, 1.54) is 12.1 Å². The van der Waals surface area contributed by atoms with Crippen molar-refractivity contribution in [3.63, 3.8) is 0 Å². The van der Waals surface area contributed by atoms with Gasteiger partial charge in [0.2, 0.25) is 0 Å². The number of rotatable bonds is 6. The summed E-state index contributed by atoms with van der Waals surface area (Å²) in [7, 11) is -4.03. The van der Waals surface area contributed by atoms with Crippen LogP contribution in [0.15, 0.2) is 18.2 Å². The molecule has 0 aromatic heterocycles. The minimum absolute atomic E-state index is 0.0241. The Morgan fingerprint density at radius 2 is 2.11 bits per heavy atom. The molecule has 8 heteroatoms. The summed E-state index contributed by atoms with van der Waals surface area (Å²) in [5.74, 6) is -0.354. The van der Waals surface area contributed by atoms with E-state index in [4.69, 9.17) is 9.29 Å². The molecule has 0 aliphatic carbocycles. The molecule has 18 heavy (non-hydrogen) atoms. The third-order valence-electron chi connectivity index (χ3n) is 2.12. The fraction of sp³-hybridized carbons (Fsp3) is 0.400. The van der Waals surface area contributed by atoms with Crippen LogP contribution in [-0.2, 0) is 10.1 Å². The summed E-state index contributed by atoms with van der Waals surface area (Å²) < 4.78 is 34.5. The Kier molecular flexibility index (Phi) is 4.62. The number of nitrogens with zero attached hydrogens (tertiary/aromatic N) is 1. The Morgan fingerprint density at radius 3 is 2.67 bits per heavy atom. The highest BCUT2D eigenvalue weighted by atomic mass is 32.2. The lowest BCUT2D eigenvalue weighted by Gasteiger charge is -2.06. The lowest BCUT2D eigenvalue weighted by Crippen LogP contribution is -2.09. The third-order valence-corrected chi connectivity index (χ3v) is 2.92. The molecule has 100 valence electrons. The minimum atomic E-state index is -4.03. The predicted molar refractivity (Wildman–Crippen MR) is 64.4 cm³/mol. The van der Waals surface area contributed by atoms with Crippen molar-refractivity contribution < 1.29 is 22.6 Å². The van der Waals surface area contributed by atoms with Gasteiger partial charge in [0.15, 0.2) is 5.75 Å². The van der Waals surface area contributed by atoms with Crippen molar-refractivity contribution in [1.82, 2.24) is 0 Å². The predicted octanol–water partition coefficient (Wildman–Crippen LogP) is 1.56. The summed E-state index contributed by atoms with van der Waals surface area (Å²) >= 11 is 0. The average Bonchev–Trinajstić information content (AvgIpc) is 2.24. The van der Waals surface area contributed by atoms with E-state index in [-0.39, 0.29) is 24.5 Å². The molecule has 0 radical (unpaired) electrons. The second-order valence-corrected chi connectivity index (χ2v) is 5.29. The Balaban J connectivity index is 2.65. The van der Waals surface area contributed by atoms with Crippen LogP contribution < -0.4 is 4.74 Å². The molecule has 0 saturated carbocycles. The lowest BCUT2D eigenvalue weighted by molar-refractivity contribution is -0.385. The maximum atomic E-state index is 10.8. The van der Waals surface area contributed by atoms with Gasteiger partial charge in [0.25, 0.3) is 10.1 Å². The Bertz CT molecular complexity index is 539. The fourth-order valence-corrected chi connectivity index (χ4v) is 1.80. The van der Waals surface area contributed by atoms with Gasteiger partial charge in [0.05, 0.1) is 17.3 Å². The van der Waals surface area contributed by atoms with Crippen molar-refractivity contribution in [2.45, 2.75) is 13.3 Å². The van der Waals surface area contributed by atoms with Gasteiger partial charge >= 0.3 is 5.69 Å². The van der Waals surface area contributed by atoms with Crippen LogP contribution in [0.2, 0.25) is 0 Å². The van der Waals surface area contributed by atoms with Crippen LogP contribution in [0.4, 0.5) is 5.69 Å². The van der Waals surface area contributed by atoms with E-state index in [0.29, 0.717) is 0 Å². The molecule has 1 rings (SSSR count). The summed E-state index contributed by atoms with van der Waals surface area (Å²) in [5, 5.41) is 10.8. The number of aryl methyl sites for hydroxylation is 1. The van der Waals surface area contributed by atoms with Crippen LogP contribution in [0.3, 0.4) is 0 Å². The highest BCUT2D eigenvalue weighted by Gasteiger charge is 2.15. The maximum absolute atomic E-state index is 10.8. The molecule has 0 aliphatic rings. The Hall–Kier alpha value is -1.67. The van der Waals surface area contributed by atoms with Crippen LogP contribution >= 0.6 is 0 Å². The first-order chi connectivity index (χ1) is 8.29. The molecule has 0 fully saturated rings. The van der Waals surface area contributed by atoms with Crippen molar-refractivity contribution in [1.29, 1.82) is 0 Å². The van der Waals surface area contributed by atoms with Crippen molar-refractivity contribution in [2.75, 3.05) is 12.4 Å². The van der Waals surface area contributed by atoms with Gasteiger partial charge in [-0.05, 0) is 25.0 Å². The molecule has 0 bridgehead atoms. The highest BCUT2D eigenvalue weighted by Crippen LogP contribution is 2.27. The molecule has 0 aliphatic heterocycles. The first-order valence-corrected chi connectivity index (χ1v) is 6.73. The smallest absolute Gasteiger partial charge is 0.311 e. The average molecular weight is 275 g/mol. The molecule has 7 nitrogen and oxygen atoms in total. The first kappa shape index (κ1) is 14.4. The second-order valence-electron chi connectivity index (χ2n) is 3.72. The van der Waals surface area contributed by atoms with E-state index in [1.54, 1.807) is 13.0 Å². The van der Waals surface area contributed by atoms with Crippen LogP contribution in [-0.4, -0.2) is 30.3 Å². The van der Waals surface area contributed by atoms with Gasteiger partial charge in [-0.25, -0.2) is 0 Å². The van der Waals surface area contributed by atoms with Crippen molar-refractivity contribution in [3.8, 4) is 5.75 Å². The van der Waals surface area contributed by atoms with E-state index < -0.39 is 20.8 Å². The minimum Gasteiger partial charge on any atom is -0.487 e. The van der Waals surface area contributed by atoms with Gasteiger partial charge in [0, 0.05) is 6.07 Å². The van der Waals surface area contributed by atoms with Crippen LogP contribution in [0.5, 0.6) is 5.75 Å². The summed E-state index contributed by atoms with van der Waals surface area (Å²) in [6, 6.07) is 4.49. The van der Waals surface area contributed by atoms with E-state index in [9.17, 15) is 18.5 Å². The first-order valence-electron chi connectivity index (χ1n) is 5.12. The van der Waals surface area contributed by atoms with Crippen LogP contribution in [0.25, 0.3) is 0 Å². The topological polar surface area (TPSA) is 107 Å². The molecule has 1 aromatic carbocycles. The molecular formula is C10H13NO6S. The van der Waals surface area contributed by atoms with E-state index in [2.05, 4.69) is 0 Å². The molecule has 0 unspecified atom stereocenters. The van der Waals surface area contributed by atoms with Gasteiger partial charge < -0.3 is 4.74 Å². The van der Waals surface area contributed by atoms with Crippen LogP contribution in [0, 0.1) is 17.0 Å². The lowest BCUT2D eigenvalue weighted by atomic mass is 10.2. The van der Waals surface area contributed by atoms with Crippen molar-refractivity contribution in [2.24, 2.45) is 0 Å². The molecule has 0 spiro atoms. The standard InChI is InChI=1S/C10H13NO6S/c1-8-3-4-10(9(7-8)11(12)13)17-5-2-6-18(14,15)16/h3-4,7H,2,5-6H2,1H3,(H,14,15,16). The molecule has 0 atom stereocenters. The number of ether oxygens (including phenoxy) is 1. The zero-order chi connectivity index (χ0) is 13.8. The Morgan fingerprint density at radius 1 is 1.44 bits per heavy atom. The van der Waals surface area contributed by atoms with Gasteiger partial charge in [-0.1, -0.05) is 6.07 Å². The van der Waals surface area contributed by atoms with Gasteiger partial charge in [0.1, 0.15) is 0 Å². The van der Waals surface area contributed by atoms with Crippen molar-refractivity contribution in [3.05, 3.63) is 33.9 Å². The zero-order valence-corrected chi connectivity index (χ0v) is 10.5. The van der Waals surface area contributed by atoms with Gasteiger partial charge in [-0.2, -0.15) is 8.42 Å². The SMILES string of the molecule is Cc1ccc(OCCCS(=O)(=O)O)c([N+](=O)[O-])c1. The van der Waals surface area contributed by atoms with E-state index in [1.807, 2.05) is 0 Å². The number of benzene rings is 1. The molecular weight excluding hydrogens is 262 g/mol. The number of nitro benzene ring substituents is 1. The largest absolute Gasteiger partial charge is 0.487 e. The summed E-state index contributed by atoms with van der Waals surface area (Å²) in [5.41, 5.74) is 0.564. The summed E-state index contributed by atoms with van der Waals surface area (Å²) in [6.07, 6.45) is 0.0594. The van der Waals surface area contributed by atoms with Crippen molar-refractivity contribution >= 4 is 15.8 Å². The molecule has 0 amide bonds. The van der Waals surface area contributed by atoms with Gasteiger partial charge in [-0.15, -0.1) is 0 Å². The fourth-order valence-electron chi connectivity index (χ4n) is 1.32. The quantitative estimate of drug-likeness (QED) is 0.365. The number of nitro groups is 1. The Labute approximate surface area is 104 Å². The third kappa shape index (κ3) is 4.68. The second kappa shape index (κ2) is 5.78. The van der Waals surface area contributed by atoms with Crippen LogP contribution in [0.1, 0.15) is 12.0 Å². The molecule has 1 aromatic rings. The number of hydrogen-bond donors (Lipinski definition) is 1. The molecule has 1 N–H and O–H groups in total. The zero-order valence-electron chi connectivity index (χ0n) is 9.70. The van der Waals surface area contributed by atoms with E-state index in [0.717, 1.165) is 5.56 Å². The summed E-state index contributed by atoms with van der Waals surface area (Å²) in [4.78, 5) is 10.2.